The minimum Gasteiger partial charge on any atom is -0.493 e. The fourth-order valence-corrected chi connectivity index (χ4v) is 2.13. The second-order valence-electron chi connectivity index (χ2n) is 4.96. The van der Waals surface area contributed by atoms with Gasteiger partial charge in [-0.2, -0.15) is 0 Å². The number of nitrogens with one attached hydrogen (secondary N) is 2. The molecule has 0 saturated carbocycles. The Morgan fingerprint density at radius 3 is 2.29 bits per heavy atom. The molecule has 1 aromatic carbocycles. The van der Waals surface area contributed by atoms with Gasteiger partial charge >= 0.3 is 0 Å². The van der Waals surface area contributed by atoms with Crippen molar-refractivity contribution in [2.45, 2.75) is 13.3 Å². The SMILES string of the molecule is COc1cc(NC(=O)CCNc2cc(C)on2)cc(OC)c1OC. The molecule has 2 N–H and O–H groups in total. The van der Waals surface area contributed by atoms with E-state index in [4.69, 9.17) is 18.7 Å². The third-order valence-corrected chi connectivity index (χ3v) is 3.23. The van der Waals surface area contributed by atoms with E-state index in [0.717, 1.165) is 0 Å². The maximum Gasteiger partial charge on any atom is 0.226 e. The highest BCUT2D eigenvalue weighted by Gasteiger charge is 2.14. The smallest absolute Gasteiger partial charge is 0.226 e. The number of ether oxygens (including phenoxy) is 3. The van der Waals surface area contributed by atoms with Gasteiger partial charge in [-0.25, -0.2) is 0 Å². The van der Waals surface area contributed by atoms with Gasteiger partial charge in [-0.1, -0.05) is 5.16 Å². The van der Waals surface area contributed by atoms with E-state index in [2.05, 4.69) is 15.8 Å². The number of aromatic nitrogens is 1. The van der Waals surface area contributed by atoms with Gasteiger partial charge in [0, 0.05) is 36.9 Å². The number of aryl methyl sites for hydroxylation is 1. The number of anilines is 2. The summed E-state index contributed by atoms with van der Waals surface area (Å²) < 4.78 is 20.7. The van der Waals surface area contributed by atoms with E-state index in [-0.39, 0.29) is 12.3 Å². The molecule has 1 aromatic heterocycles. The molecular formula is C16H21N3O5. The number of carbonyl (C=O) groups is 1. The molecule has 0 spiro atoms. The molecule has 1 amide bonds. The molecule has 0 aliphatic rings. The first kappa shape index (κ1) is 17.5. The molecule has 0 saturated heterocycles. The van der Waals surface area contributed by atoms with Crippen molar-refractivity contribution in [3.8, 4) is 17.2 Å². The topological polar surface area (TPSA) is 94.9 Å². The van der Waals surface area contributed by atoms with E-state index in [1.165, 1.54) is 21.3 Å². The summed E-state index contributed by atoms with van der Waals surface area (Å²) in [7, 11) is 4.56. The summed E-state index contributed by atoms with van der Waals surface area (Å²) in [5.41, 5.74) is 0.562. The molecule has 0 bridgehead atoms. The Morgan fingerprint density at radius 1 is 1.12 bits per heavy atom. The first-order valence-electron chi connectivity index (χ1n) is 7.34. The van der Waals surface area contributed by atoms with Crippen molar-refractivity contribution in [2.24, 2.45) is 0 Å². The van der Waals surface area contributed by atoms with Crippen LogP contribution < -0.4 is 24.8 Å². The maximum atomic E-state index is 12.1. The van der Waals surface area contributed by atoms with Gasteiger partial charge in [0.2, 0.25) is 11.7 Å². The Labute approximate surface area is 140 Å². The molecule has 2 rings (SSSR count). The molecule has 0 radical (unpaired) electrons. The van der Waals surface area contributed by atoms with Crippen molar-refractivity contribution in [2.75, 3.05) is 38.5 Å². The minimum absolute atomic E-state index is 0.156. The van der Waals surface area contributed by atoms with Crippen LogP contribution in [0.15, 0.2) is 22.7 Å². The predicted octanol–water partition coefficient (Wildman–Crippen LogP) is 2.45. The van der Waals surface area contributed by atoms with Crippen LogP contribution in [0, 0.1) is 6.92 Å². The Balaban J connectivity index is 1.95. The van der Waals surface area contributed by atoms with Gasteiger partial charge in [0.15, 0.2) is 17.3 Å². The minimum atomic E-state index is -0.156. The van der Waals surface area contributed by atoms with E-state index < -0.39 is 0 Å². The van der Waals surface area contributed by atoms with Crippen molar-refractivity contribution < 1.29 is 23.5 Å². The van der Waals surface area contributed by atoms with Gasteiger partial charge in [0.1, 0.15) is 5.76 Å². The van der Waals surface area contributed by atoms with Crippen LogP contribution >= 0.6 is 0 Å². The summed E-state index contributed by atoms with van der Waals surface area (Å²) >= 11 is 0. The zero-order valence-corrected chi connectivity index (χ0v) is 14.1. The molecule has 130 valence electrons. The monoisotopic (exact) mass is 335 g/mol. The first-order valence-corrected chi connectivity index (χ1v) is 7.34. The van der Waals surface area contributed by atoms with E-state index >= 15 is 0 Å². The summed E-state index contributed by atoms with van der Waals surface area (Å²) in [6.45, 7) is 2.23. The Morgan fingerprint density at radius 2 is 1.79 bits per heavy atom. The lowest BCUT2D eigenvalue weighted by Gasteiger charge is -2.14. The van der Waals surface area contributed by atoms with Crippen molar-refractivity contribution in [3.63, 3.8) is 0 Å². The highest BCUT2D eigenvalue weighted by Crippen LogP contribution is 2.39. The molecular weight excluding hydrogens is 314 g/mol. The van der Waals surface area contributed by atoms with Crippen LogP contribution in [-0.2, 0) is 4.79 Å². The van der Waals surface area contributed by atoms with Crippen LogP contribution in [0.2, 0.25) is 0 Å². The van der Waals surface area contributed by atoms with Gasteiger partial charge in [-0.05, 0) is 6.92 Å². The van der Waals surface area contributed by atoms with Crippen molar-refractivity contribution in [1.29, 1.82) is 0 Å². The lowest BCUT2D eigenvalue weighted by atomic mass is 10.2. The number of amides is 1. The fourth-order valence-electron chi connectivity index (χ4n) is 2.13. The second kappa shape index (κ2) is 8.09. The van der Waals surface area contributed by atoms with Gasteiger partial charge in [0.25, 0.3) is 0 Å². The Kier molecular flexibility index (Phi) is 5.89. The molecule has 0 aliphatic heterocycles. The average molecular weight is 335 g/mol. The van der Waals surface area contributed by atoms with Crippen molar-refractivity contribution >= 4 is 17.4 Å². The van der Waals surface area contributed by atoms with Crippen LogP contribution in [-0.4, -0.2) is 38.9 Å². The van der Waals surface area contributed by atoms with Crippen LogP contribution in [0.5, 0.6) is 17.2 Å². The van der Waals surface area contributed by atoms with E-state index in [1.807, 2.05) is 0 Å². The summed E-state index contributed by atoms with van der Waals surface area (Å²) in [4.78, 5) is 12.1. The quantitative estimate of drug-likeness (QED) is 0.765. The highest BCUT2D eigenvalue weighted by atomic mass is 16.5. The number of methoxy groups -OCH3 is 3. The summed E-state index contributed by atoms with van der Waals surface area (Å²) in [6.07, 6.45) is 0.266. The van der Waals surface area contributed by atoms with Gasteiger partial charge in [-0.3, -0.25) is 4.79 Å². The first-order chi connectivity index (χ1) is 11.6. The molecule has 8 heteroatoms. The summed E-state index contributed by atoms with van der Waals surface area (Å²) in [6, 6.07) is 5.11. The Bertz CT molecular complexity index is 674. The molecule has 0 unspecified atom stereocenters. The Hall–Kier alpha value is -2.90. The number of benzene rings is 1. The largest absolute Gasteiger partial charge is 0.493 e. The third kappa shape index (κ3) is 4.31. The maximum absolute atomic E-state index is 12.1. The lowest BCUT2D eigenvalue weighted by molar-refractivity contribution is -0.115. The van der Waals surface area contributed by atoms with Crippen LogP contribution in [0.3, 0.4) is 0 Å². The number of hydrogen-bond donors (Lipinski definition) is 2. The van der Waals surface area contributed by atoms with Gasteiger partial charge < -0.3 is 29.4 Å². The van der Waals surface area contributed by atoms with Crippen LogP contribution in [0.1, 0.15) is 12.2 Å². The predicted molar refractivity (Wildman–Crippen MR) is 89.1 cm³/mol. The number of carbonyl (C=O) groups excluding carboxylic acids is 1. The van der Waals surface area contributed by atoms with Crippen molar-refractivity contribution in [3.05, 3.63) is 24.0 Å². The molecule has 8 nitrogen and oxygen atoms in total. The number of hydrogen-bond acceptors (Lipinski definition) is 7. The summed E-state index contributed by atoms with van der Waals surface area (Å²) in [5.74, 6) is 2.58. The molecule has 2 aromatic rings. The lowest BCUT2D eigenvalue weighted by Crippen LogP contribution is -2.16. The number of rotatable bonds is 8. The molecule has 1 heterocycles. The van der Waals surface area contributed by atoms with Crippen LogP contribution in [0.25, 0.3) is 0 Å². The van der Waals surface area contributed by atoms with Gasteiger partial charge in [-0.15, -0.1) is 0 Å². The van der Waals surface area contributed by atoms with Crippen molar-refractivity contribution in [1.82, 2.24) is 5.16 Å². The zero-order chi connectivity index (χ0) is 17.5. The van der Waals surface area contributed by atoms with E-state index in [0.29, 0.717) is 41.1 Å². The molecule has 0 aliphatic carbocycles. The molecule has 0 atom stereocenters. The summed E-state index contributed by atoms with van der Waals surface area (Å²) in [5, 5.41) is 9.60. The van der Waals surface area contributed by atoms with E-state index in [9.17, 15) is 4.79 Å². The highest BCUT2D eigenvalue weighted by molar-refractivity contribution is 5.91. The fraction of sp³-hybridized carbons (Fsp3) is 0.375. The molecule has 0 fully saturated rings. The van der Waals surface area contributed by atoms with Gasteiger partial charge in [0.05, 0.1) is 21.3 Å². The van der Waals surface area contributed by atoms with Crippen LogP contribution in [0.4, 0.5) is 11.5 Å². The van der Waals surface area contributed by atoms with E-state index in [1.54, 1.807) is 25.1 Å². The third-order valence-electron chi connectivity index (χ3n) is 3.23. The average Bonchev–Trinajstić information content (AvgIpc) is 2.99. The normalized spacial score (nSPS) is 10.2. The second-order valence-corrected chi connectivity index (χ2v) is 4.96. The number of nitrogens with zero attached hydrogens (tertiary/aromatic N) is 1. The standard InChI is InChI=1S/C16H21N3O5/c1-10-7-14(19-24-10)17-6-5-15(20)18-11-8-12(21-2)16(23-4)13(9-11)22-3/h7-9H,5-6H2,1-4H3,(H,17,19)(H,18,20). The molecule has 24 heavy (non-hydrogen) atoms. The zero-order valence-electron chi connectivity index (χ0n) is 14.1.